The van der Waals surface area contributed by atoms with E-state index in [0.29, 0.717) is 12.8 Å². The Hall–Kier alpha value is -1.81. The van der Waals surface area contributed by atoms with Crippen molar-refractivity contribution >= 4 is 27.6 Å². The van der Waals surface area contributed by atoms with Crippen molar-refractivity contribution in [3.05, 3.63) is 64.6 Å². The highest BCUT2D eigenvalue weighted by atomic mass is 79.9. The molecule has 21 heavy (non-hydrogen) atoms. The molecule has 0 amide bonds. The molecular formula is C17H18BrNO2. The van der Waals surface area contributed by atoms with Crippen LogP contribution in [-0.2, 0) is 11.2 Å². The highest BCUT2D eigenvalue weighted by Gasteiger charge is 2.32. The van der Waals surface area contributed by atoms with E-state index < -0.39 is 11.5 Å². The van der Waals surface area contributed by atoms with Gasteiger partial charge in [-0.05, 0) is 49.6 Å². The fourth-order valence-corrected chi connectivity index (χ4v) is 2.38. The Morgan fingerprint density at radius 1 is 1.14 bits per heavy atom. The number of halogens is 1. The molecule has 0 spiro atoms. The van der Waals surface area contributed by atoms with Crippen LogP contribution in [-0.4, -0.2) is 16.6 Å². The van der Waals surface area contributed by atoms with Crippen LogP contribution in [0.5, 0.6) is 0 Å². The Labute approximate surface area is 133 Å². The van der Waals surface area contributed by atoms with Crippen LogP contribution in [0.3, 0.4) is 0 Å². The van der Waals surface area contributed by atoms with E-state index in [0.717, 1.165) is 15.7 Å². The zero-order valence-corrected chi connectivity index (χ0v) is 13.4. The quantitative estimate of drug-likeness (QED) is 0.817. The Morgan fingerprint density at radius 2 is 1.76 bits per heavy atom. The molecule has 3 nitrogen and oxygen atoms in total. The van der Waals surface area contributed by atoms with Crippen LogP contribution in [0.4, 0.5) is 5.69 Å². The lowest BCUT2D eigenvalue weighted by Crippen LogP contribution is -2.43. The number of benzene rings is 2. The van der Waals surface area contributed by atoms with Crippen LogP contribution < -0.4 is 5.32 Å². The number of anilines is 1. The van der Waals surface area contributed by atoms with Gasteiger partial charge in [0.15, 0.2) is 0 Å². The minimum atomic E-state index is -0.996. The summed E-state index contributed by atoms with van der Waals surface area (Å²) in [4.78, 5) is 11.6. The van der Waals surface area contributed by atoms with Crippen molar-refractivity contribution in [2.75, 3.05) is 5.32 Å². The maximum Gasteiger partial charge on any atom is 0.329 e. The fraction of sp³-hybridized carbons (Fsp3) is 0.235. The van der Waals surface area contributed by atoms with Gasteiger partial charge < -0.3 is 10.4 Å². The first kappa shape index (κ1) is 15.6. The molecule has 1 atom stereocenters. The van der Waals surface area contributed by atoms with E-state index in [9.17, 15) is 9.90 Å². The summed E-state index contributed by atoms with van der Waals surface area (Å²) < 4.78 is 0.967. The van der Waals surface area contributed by atoms with Gasteiger partial charge >= 0.3 is 5.97 Å². The molecular weight excluding hydrogens is 330 g/mol. The summed E-state index contributed by atoms with van der Waals surface area (Å²) in [6.07, 6.45) is 1.23. The standard InChI is InChI=1S/C17H18BrNO2/c1-17(16(20)21,12-11-13-5-3-2-4-6-13)19-15-9-7-14(18)8-10-15/h2-10,19H,11-12H2,1H3,(H,20,21). The van der Waals surface area contributed by atoms with Gasteiger partial charge in [0.1, 0.15) is 5.54 Å². The highest BCUT2D eigenvalue weighted by molar-refractivity contribution is 9.10. The van der Waals surface area contributed by atoms with Crippen molar-refractivity contribution in [2.45, 2.75) is 25.3 Å². The average Bonchev–Trinajstić information content (AvgIpc) is 2.48. The lowest BCUT2D eigenvalue weighted by molar-refractivity contribution is -0.141. The fourth-order valence-electron chi connectivity index (χ4n) is 2.11. The van der Waals surface area contributed by atoms with Crippen LogP contribution >= 0.6 is 15.9 Å². The van der Waals surface area contributed by atoms with Crippen LogP contribution in [0.25, 0.3) is 0 Å². The van der Waals surface area contributed by atoms with Crippen LogP contribution in [0, 0.1) is 0 Å². The molecule has 0 aliphatic heterocycles. The predicted octanol–water partition coefficient (Wildman–Crippen LogP) is 4.34. The van der Waals surface area contributed by atoms with Gasteiger partial charge in [0, 0.05) is 10.2 Å². The summed E-state index contributed by atoms with van der Waals surface area (Å²) in [6.45, 7) is 1.72. The van der Waals surface area contributed by atoms with E-state index in [1.165, 1.54) is 0 Å². The average molecular weight is 348 g/mol. The van der Waals surface area contributed by atoms with Gasteiger partial charge in [0.25, 0.3) is 0 Å². The van der Waals surface area contributed by atoms with Gasteiger partial charge in [-0.3, -0.25) is 0 Å². The van der Waals surface area contributed by atoms with E-state index in [4.69, 9.17) is 0 Å². The number of rotatable bonds is 6. The summed E-state index contributed by atoms with van der Waals surface area (Å²) in [5.41, 5.74) is 0.947. The molecule has 0 heterocycles. The van der Waals surface area contributed by atoms with E-state index in [-0.39, 0.29) is 0 Å². The second kappa shape index (κ2) is 6.76. The minimum Gasteiger partial charge on any atom is -0.480 e. The van der Waals surface area contributed by atoms with Crippen LogP contribution in [0.2, 0.25) is 0 Å². The van der Waals surface area contributed by atoms with Crippen molar-refractivity contribution in [3.63, 3.8) is 0 Å². The molecule has 0 fully saturated rings. The number of aryl methyl sites for hydroxylation is 1. The van der Waals surface area contributed by atoms with Gasteiger partial charge in [0.05, 0.1) is 0 Å². The summed E-state index contributed by atoms with van der Waals surface area (Å²) in [6, 6.07) is 17.4. The topological polar surface area (TPSA) is 49.3 Å². The third-order valence-electron chi connectivity index (χ3n) is 3.49. The zero-order chi connectivity index (χ0) is 15.3. The Bertz CT molecular complexity index is 598. The SMILES string of the molecule is CC(CCc1ccccc1)(Nc1ccc(Br)cc1)C(=O)O. The zero-order valence-electron chi connectivity index (χ0n) is 11.8. The van der Waals surface area contributed by atoms with Crippen molar-refractivity contribution in [1.82, 2.24) is 0 Å². The van der Waals surface area contributed by atoms with Gasteiger partial charge in [0.2, 0.25) is 0 Å². The molecule has 0 saturated carbocycles. The number of hydrogen-bond donors (Lipinski definition) is 2. The Kier molecular flexibility index (Phi) is 5.02. The normalized spacial score (nSPS) is 13.4. The van der Waals surface area contributed by atoms with Crippen molar-refractivity contribution < 1.29 is 9.90 Å². The summed E-state index contributed by atoms with van der Waals surface area (Å²) in [5, 5.41) is 12.7. The van der Waals surface area contributed by atoms with Gasteiger partial charge in [-0.1, -0.05) is 46.3 Å². The van der Waals surface area contributed by atoms with E-state index in [1.54, 1.807) is 6.92 Å². The molecule has 2 aromatic carbocycles. The van der Waals surface area contributed by atoms with E-state index in [2.05, 4.69) is 21.2 Å². The first-order valence-electron chi connectivity index (χ1n) is 6.81. The monoisotopic (exact) mass is 347 g/mol. The smallest absolute Gasteiger partial charge is 0.329 e. The Balaban J connectivity index is 2.09. The molecule has 0 radical (unpaired) electrons. The molecule has 0 saturated heterocycles. The largest absolute Gasteiger partial charge is 0.480 e. The molecule has 2 N–H and O–H groups in total. The number of aliphatic carboxylic acids is 1. The number of hydrogen-bond acceptors (Lipinski definition) is 2. The highest BCUT2D eigenvalue weighted by Crippen LogP contribution is 2.23. The summed E-state index contributed by atoms with van der Waals surface area (Å²) in [5.74, 6) is -0.846. The minimum absolute atomic E-state index is 0.516. The van der Waals surface area contributed by atoms with E-state index in [1.807, 2.05) is 54.6 Å². The van der Waals surface area contributed by atoms with Crippen molar-refractivity contribution in [3.8, 4) is 0 Å². The number of carboxylic acids is 1. The second-order valence-electron chi connectivity index (χ2n) is 5.25. The van der Waals surface area contributed by atoms with Gasteiger partial charge in [-0.25, -0.2) is 4.79 Å². The molecule has 2 aromatic rings. The van der Waals surface area contributed by atoms with Crippen LogP contribution in [0.15, 0.2) is 59.1 Å². The number of nitrogens with one attached hydrogen (secondary N) is 1. The van der Waals surface area contributed by atoms with E-state index >= 15 is 0 Å². The molecule has 1 unspecified atom stereocenters. The van der Waals surface area contributed by atoms with Crippen LogP contribution in [0.1, 0.15) is 18.9 Å². The van der Waals surface area contributed by atoms with Crippen molar-refractivity contribution in [1.29, 1.82) is 0 Å². The van der Waals surface area contributed by atoms with Gasteiger partial charge in [-0.2, -0.15) is 0 Å². The lowest BCUT2D eigenvalue weighted by atomic mass is 9.93. The predicted molar refractivity (Wildman–Crippen MR) is 88.6 cm³/mol. The van der Waals surface area contributed by atoms with Gasteiger partial charge in [-0.15, -0.1) is 0 Å². The summed E-state index contributed by atoms with van der Waals surface area (Å²) in [7, 11) is 0. The molecule has 110 valence electrons. The first-order valence-corrected chi connectivity index (χ1v) is 7.60. The third-order valence-corrected chi connectivity index (χ3v) is 4.02. The maximum absolute atomic E-state index is 11.6. The molecule has 0 aliphatic carbocycles. The number of carbonyl (C=O) groups is 1. The number of carboxylic acid groups (broad SMARTS) is 1. The molecule has 0 aromatic heterocycles. The maximum atomic E-state index is 11.6. The summed E-state index contributed by atoms with van der Waals surface area (Å²) >= 11 is 3.37. The molecule has 0 bridgehead atoms. The second-order valence-corrected chi connectivity index (χ2v) is 6.17. The lowest BCUT2D eigenvalue weighted by Gasteiger charge is -2.27. The molecule has 0 aliphatic rings. The molecule has 4 heteroatoms. The Morgan fingerprint density at radius 3 is 2.33 bits per heavy atom. The molecule has 2 rings (SSSR count). The third kappa shape index (κ3) is 4.33. The first-order chi connectivity index (χ1) is 9.99. The van der Waals surface area contributed by atoms with Crippen molar-refractivity contribution in [2.24, 2.45) is 0 Å².